The van der Waals surface area contributed by atoms with Crippen molar-refractivity contribution in [3.8, 4) is 0 Å². The zero-order valence-corrected chi connectivity index (χ0v) is 9.79. The van der Waals surface area contributed by atoms with Gasteiger partial charge in [-0.25, -0.2) is 0 Å². The molecular formula is C11H21N3O2. The summed E-state index contributed by atoms with van der Waals surface area (Å²) < 4.78 is 5.42. The van der Waals surface area contributed by atoms with Crippen LogP contribution in [0.2, 0.25) is 0 Å². The molecule has 2 unspecified atom stereocenters. The zero-order chi connectivity index (χ0) is 11.4. The quantitative estimate of drug-likeness (QED) is 0.580. The van der Waals surface area contributed by atoms with Crippen molar-refractivity contribution in [2.45, 2.75) is 38.0 Å². The first kappa shape index (κ1) is 11.8. The molecule has 2 rings (SSSR count). The van der Waals surface area contributed by atoms with Crippen LogP contribution in [0.5, 0.6) is 0 Å². The Balaban J connectivity index is 1.80. The zero-order valence-electron chi connectivity index (χ0n) is 9.79. The third kappa shape index (κ3) is 2.93. The Kier molecular flexibility index (Phi) is 4.15. The first-order chi connectivity index (χ1) is 7.77. The number of nitrogens with one attached hydrogen (secondary N) is 3. The van der Waals surface area contributed by atoms with Gasteiger partial charge < -0.3 is 20.7 Å². The van der Waals surface area contributed by atoms with E-state index in [0.29, 0.717) is 19.2 Å². The summed E-state index contributed by atoms with van der Waals surface area (Å²) in [5, 5.41) is 9.60. The largest absolute Gasteiger partial charge is 0.366 e. The number of hydrogen-bond donors (Lipinski definition) is 3. The molecule has 0 radical (unpaired) electrons. The average Bonchev–Trinajstić information content (AvgIpc) is 2.33. The van der Waals surface area contributed by atoms with E-state index in [2.05, 4.69) is 22.9 Å². The van der Waals surface area contributed by atoms with Crippen molar-refractivity contribution in [1.82, 2.24) is 16.0 Å². The van der Waals surface area contributed by atoms with Crippen molar-refractivity contribution in [3.63, 3.8) is 0 Å². The summed E-state index contributed by atoms with van der Waals surface area (Å²) in [6.07, 6.45) is 1.86. The molecule has 0 aromatic heterocycles. The summed E-state index contributed by atoms with van der Waals surface area (Å²) in [5.41, 5.74) is 0. The van der Waals surface area contributed by atoms with E-state index in [0.717, 1.165) is 25.9 Å². The fraction of sp³-hybridized carbons (Fsp3) is 0.909. The van der Waals surface area contributed by atoms with E-state index in [1.165, 1.54) is 0 Å². The highest BCUT2D eigenvalue weighted by Crippen LogP contribution is 2.09. The average molecular weight is 227 g/mol. The minimum atomic E-state index is -0.317. The van der Waals surface area contributed by atoms with Crippen LogP contribution < -0.4 is 16.0 Å². The molecule has 2 fully saturated rings. The first-order valence-corrected chi connectivity index (χ1v) is 6.13. The van der Waals surface area contributed by atoms with Crippen LogP contribution in [0.4, 0.5) is 0 Å². The molecule has 0 spiro atoms. The molecule has 92 valence electrons. The topological polar surface area (TPSA) is 62.4 Å². The van der Waals surface area contributed by atoms with E-state index in [9.17, 15) is 4.79 Å². The van der Waals surface area contributed by atoms with Gasteiger partial charge in [0.25, 0.3) is 5.91 Å². The van der Waals surface area contributed by atoms with E-state index < -0.39 is 0 Å². The molecule has 2 aliphatic heterocycles. The Bertz CT molecular complexity index is 241. The van der Waals surface area contributed by atoms with Gasteiger partial charge in [-0.2, -0.15) is 0 Å². The molecule has 3 N–H and O–H groups in total. The second kappa shape index (κ2) is 5.61. The molecule has 3 atom stereocenters. The molecular weight excluding hydrogens is 206 g/mol. The second-order valence-electron chi connectivity index (χ2n) is 4.56. The van der Waals surface area contributed by atoms with Gasteiger partial charge in [0.05, 0.1) is 6.61 Å². The van der Waals surface area contributed by atoms with Gasteiger partial charge in [0.2, 0.25) is 0 Å². The van der Waals surface area contributed by atoms with Crippen LogP contribution in [0.15, 0.2) is 0 Å². The highest BCUT2D eigenvalue weighted by Gasteiger charge is 2.27. The van der Waals surface area contributed by atoms with Crippen molar-refractivity contribution in [2.75, 3.05) is 26.2 Å². The molecule has 5 nitrogen and oxygen atoms in total. The monoisotopic (exact) mass is 227 g/mol. The van der Waals surface area contributed by atoms with E-state index in [4.69, 9.17) is 4.74 Å². The van der Waals surface area contributed by atoms with Crippen molar-refractivity contribution >= 4 is 5.91 Å². The summed E-state index contributed by atoms with van der Waals surface area (Å²) in [6, 6.07) is 0.598. The Hall–Kier alpha value is -0.650. The van der Waals surface area contributed by atoms with Gasteiger partial charge in [-0.15, -0.1) is 0 Å². The molecule has 2 saturated heterocycles. The maximum absolute atomic E-state index is 11.9. The Morgan fingerprint density at radius 3 is 3.00 bits per heavy atom. The summed E-state index contributed by atoms with van der Waals surface area (Å²) in [7, 11) is 0. The number of ether oxygens (including phenoxy) is 1. The lowest BCUT2D eigenvalue weighted by Crippen LogP contribution is -2.56. The maximum Gasteiger partial charge on any atom is 0.250 e. The number of carbonyl (C=O) groups is 1. The molecule has 0 aliphatic carbocycles. The fourth-order valence-corrected chi connectivity index (χ4v) is 2.25. The van der Waals surface area contributed by atoms with Gasteiger partial charge in [-0.1, -0.05) is 0 Å². The van der Waals surface area contributed by atoms with Crippen molar-refractivity contribution < 1.29 is 9.53 Å². The molecule has 16 heavy (non-hydrogen) atoms. The van der Waals surface area contributed by atoms with Crippen LogP contribution in [0.3, 0.4) is 0 Å². The number of piperidine rings is 1. The first-order valence-electron chi connectivity index (χ1n) is 6.13. The fourth-order valence-electron chi connectivity index (χ4n) is 2.25. The lowest BCUT2D eigenvalue weighted by Gasteiger charge is -2.32. The number of carbonyl (C=O) groups excluding carboxylic acids is 1. The van der Waals surface area contributed by atoms with Crippen LogP contribution in [-0.2, 0) is 9.53 Å². The van der Waals surface area contributed by atoms with Crippen LogP contribution in [0.1, 0.15) is 19.8 Å². The van der Waals surface area contributed by atoms with E-state index in [1.807, 2.05) is 0 Å². The minimum Gasteiger partial charge on any atom is -0.366 e. The number of morpholine rings is 1. The van der Waals surface area contributed by atoms with Gasteiger partial charge in [0.15, 0.2) is 0 Å². The highest BCUT2D eigenvalue weighted by atomic mass is 16.5. The molecule has 0 aromatic carbocycles. The third-order valence-corrected chi connectivity index (χ3v) is 3.31. The second-order valence-corrected chi connectivity index (χ2v) is 4.56. The van der Waals surface area contributed by atoms with E-state index >= 15 is 0 Å². The van der Waals surface area contributed by atoms with Gasteiger partial charge in [0, 0.05) is 25.2 Å². The molecule has 5 heteroatoms. The number of hydrogen-bond acceptors (Lipinski definition) is 4. The summed E-state index contributed by atoms with van der Waals surface area (Å²) in [5.74, 6) is 0.0211. The molecule has 0 saturated carbocycles. The third-order valence-electron chi connectivity index (χ3n) is 3.31. The molecule has 2 aliphatic rings. The molecule has 0 bridgehead atoms. The van der Waals surface area contributed by atoms with E-state index in [-0.39, 0.29) is 18.1 Å². The Labute approximate surface area is 96.3 Å². The predicted octanol–water partition coefficient (Wildman–Crippen LogP) is -0.768. The van der Waals surface area contributed by atoms with Crippen LogP contribution >= 0.6 is 0 Å². The van der Waals surface area contributed by atoms with Crippen LogP contribution in [0, 0.1) is 0 Å². The Morgan fingerprint density at radius 1 is 1.44 bits per heavy atom. The van der Waals surface area contributed by atoms with Crippen molar-refractivity contribution in [1.29, 1.82) is 0 Å². The molecule has 1 amide bonds. The van der Waals surface area contributed by atoms with Crippen LogP contribution in [-0.4, -0.2) is 50.3 Å². The normalized spacial score (nSPS) is 35.7. The summed E-state index contributed by atoms with van der Waals surface area (Å²) >= 11 is 0. The smallest absolute Gasteiger partial charge is 0.250 e. The van der Waals surface area contributed by atoms with Gasteiger partial charge in [-0.05, 0) is 26.3 Å². The van der Waals surface area contributed by atoms with Crippen molar-refractivity contribution in [3.05, 3.63) is 0 Å². The van der Waals surface area contributed by atoms with Gasteiger partial charge in [-0.3, -0.25) is 4.79 Å². The van der Waals surface area contributed by atoms with E-state index in [1.54, 1.807) is 0 Å². The summed E-state index contributed by atoms with van der Waals surface area (Å²) in [6.45, 7) is 5.25. The van der Waals surface area contributed by atoms with Crippen LogP contribution in [0.25, 0.3) is 0 Å². The number of rotatable bonds is 2. The molecule has 0 aromatic rings. The predicted molar refractivity (Wildman–Crippen MR) is 61.2 cm³/mol. The summed E-state index contributed by atoms with van der Waals surface area (Å²) in [4.78, 5) is 11.9. The van der Waals surface area contributed by atoms with Gasteiger partial charge >= 0.3 is 0 Å². The lowest BCUT2D eigenvalue weighted by molar-refractivity contribution is -0.135. The maximum atomic E-state index is 11.9. The standard InChI is InChI=1S/C11H21N3O2/c1-8-9(3-2-4-13-8)14-11(15)10-7-12-5-6-16-10/h8-10,12-13H,2-7H2,1H3,(H,14,15)/t8?,9?,10-/m1/s1. The lowest BCUT2D eigenvalue weighted by atomic mass is 9.99. The van der Waals surface area contributed by atoms with Crippen molar-refractivity contribution in [2.24, 2.45) is 0 Å². The molecule has 2 heterocycles. The minimum absolute atomic E-state index is 0.0211. The highest BCUT2D eigenvalue weighted by molar-refractivity contribution is 5.81. The van der Waals surface area contributed by atoms with Gasteiger partial charge in [0.1, 0.15) is 6.10 Å². The SMILES string of the molecule is CC1NCCCC1NC(=O)[C@H]1CNCCO1. The number of amides is 1. The Morgan fingerprint density at radius 2 is 2.31 bits per heavy atom.